The van der Waals surface area contributed by atoms with Crippen molar-refractivity contribution in [2.24, 2.45) is 0 Å². The first kappa shape index (κ1) is 17.0. The molecule has 0 radical (unpaired) electrons. The molecule has 0 spiro atoms. The molecule has 1 fully saturated rings. The van der Waals surface area contributed by atoms with Crippen molar-refractivity contribution < 1.29 is 38.7 Å². The predicted octanol–water partition coefficient (Wildman–Crippen LogP) is -0.282. The number of hydrogen-bond acceptors (Lipinski definition) is 9. The van der Waals surface area contributed by atoms with Crippen LogP contribution in [-0.4, -0.2) is 57.7 Å². The molecule has 2 aromatic heterocycles. The van der Waals surface area contributed by atoms with Crippen molar-refractivity contribution in [2.75, 3.05) is 6.61 Å². The van der Waals surface area contributed by atoms with Crippen molar-refractivity contribution in [3.05, 3.63) is 40.9 Å². The van der Waals surface area contributed by atoms with E-state index in [0.29, 0.717) is 16.4 Å². The molecule has 0 bridgehead atoms. The highest BCUT2D eigenvalue weighted by Crippen LogP contribution is 2.37. The number of ether oxygens (including phenoxy) is 2. The van der Waals surface area contributed by atoms with Crippen LogP contribution < -0.4 is 10.4 Å². The van der Waals surface area contributed by atoms with Gasteiger partial charge in [0, 0.05) is 12.1 Å². The average Bonchev–Trinajstić information content (AvgIpc) is 3.09. The molecule has 9 nitrogen and oxygen atoms in total. The van der Waals surface area contributed by atoms with E-state index in [0.717, 1.165) is 0 Å². The molecule has 0 aliphatic carbocycles. The topological polar surface area (TPSA) is 143 Å². The zero-order valence-corrected chi connectivity index (χ0v) is 13.3. The Labute approximate surface area is 145 Å². The molecule has 1 aromatic carbocycles. The molecule has 3 heterocycles. The molecule has 138 valence electrons. The maximum Gasteiger partial charge on any atom is 0.336 e. The van der Waals surface area contributed by atoms with Crippen LogP contribution in [0.4, 0.5) is 0 Å². The lowest BCUT2D eigenvalue weighted by atomic mass is 9.99. The Morgan fingerprint density at radius 3 is 2.54 bits per heavy atom. The van der Waals surface area contributed by atoms with Crippen molar-refractivity contribution in [3.63, 3.8) is 0 Å². The van der Waals surface area contributed by atoms with E-state index in [1.165, 1.54) is 24.5 Å². The minimum absolute atomic E-state index is 0.208. The summed E-state index contributed by atoms with van der Waals surface area (Å²) in [5.74, 6) is 0.208. The number of aliphatic hydroxyl groups is 4. The van der Waals surface area contributed by atoms with Gasteiger partial charge in [0.2, 0.25) is 6.29 Å². The van der Waals surface area contributed by atoms with Crippen molar-refractivity contribution in [2.45, 2.75) is 30.7 Å². The molecule has 3 aromatic rings. The number of aliphatic hydroxyl groups excluding tert-OH is 4. The minimum atomic E-state index is -1.57. The molecule has 1 aliphatic heterocycles. The second kappa shape index (κ2) is 6.38. The first-order valence-corrected chi connectivity index (χ1v) is 7.91. The number of benzene rings is 1. The van der Waals surface area contributed by atoms with Gasteiger partial charge < -0.3 is 38.7 Å². The fourth-order valence-electron chi connectivity index (χ4n) is 3.02. The molecule has 0 unspecified atom stereocenters. The molecule has 4 rings (SSSR count). The van der Waals surface area contributed by atoms with Gasteiger partial charge in [-0.2, -0.15) is 0 Å². The summed E-state index contributed by atoms with van der Waals surface area (Å²) in [6, 6.07) is 5.87. The summed E-state index contributed by atoms with van der Waals surface area (Å²) in [7, 11) is 0. The third-order valence-corrected chi connectivity index (χ3v) is 4.39. The van der Waals surface area contributed by atoms with Crippen molar-refractivity contribution >= 4 is 21.9 Å². The summed E-state index contributed by atoms with van der Waals surface area (Å²) >= 11 is 0. The van der Waals surface area contributed by atoms with E-state index in [2.05, 4.69) is 0 Å². The summed E-state index contributed by atoms with van der Waals surface area (Å²) in [6.07, 6.45) is -5.69. The molecular formula is C17H16O9. The Hall–Kier alpha value is -2.43. The normalized spacial score (nSPS) is 29.3. The van der Waals surface area contributed by atoms with Gasteiger partial charge >= 0.3 is 5.63 Å². The van der Waals surface area contributed by atoms with Crippen LogP contribution in [0.2, 0.25) is 0 Å². The van der Waals surface area contributed by atoms with Crippen molar-refractivity contribution in [1.29, 1.82) is 0 Å². The first-order chi connectivity index (χ1) is 12.5. The SMILES string of the molecule is O=c1ccc2c(O[C@@H]3O[C@H](CO)[C@@H](O)[C@H](O)[C@@H]3O)c3ccoc3cc2o1. The Morgan fingerprint density at radius 1 is 1.00 bits per heavy atom. The number of furan rings is 1. The number of hydrogen-bond donors (Lipinski definition) is 4. The Balaban J connectivity index is 1.80. The van der Waals surface area contributed by atoms with Gasteiger partial charge in [0.1, 0.15) is 41.3 Å². The molecule has 26 heavy (non-hydrogen) atoms. The van der Waals surface area contributed by atoms with Gasteiger partial charge in [-0.15, -0.1) is 0 Å². The quantitative estimate of drug-likeness (QED) is 0.461. The Bertz CT molecular complexity index is 989. The van der Waals surface area contributed by atoms with Crippen LogP contribution in [0.15, 0.2) is 44.2 Å². The summed E-state index contributed by atoms with van der Waals surface area (Å²) < 4.78 is 21.6. The van der Waals surface area contributed by atoms with Crippen LogP contribution in [-0.2, 0) is 4.74 Å². The maximum absolute atomic E-state index is 11.5. The van der Waals surface area contributed by atoms with Crippen LogP contribution in [0.25, 0.3) is 21.9 Å². The second-order valence-corrected chi connectivity index (χ2v) is 6.02. The summed E-state index contributed by atoms with van der Waals surface area (Å²) in [5, 5.41) is 40.2. The number of rotatable bonds is 3. The van der Waals surface area contributed by atoms with E-state index in [-0.39, 0.29) is 11.3 Å². The van der Waals surface area contributed by atoms with Crippen LogP contribution in [0, 0.1) is 0 Å². The van der Waals surface area contributed by atoms with E-state index in [1.807, 2.05) is 0 Å². The van der Waals surface area contributed by atoms with E-state index in [1.54, 1.807) is 6.07 Å². The lowest BCUT2D eigenvalue weighted by molar-refractivity contribution is -0.277. The van der Waals surface area contributed by atoms with Crippen LogP contribution >= 0.6 is 0 Å². The Kier molecular flexibility index (Phi) is 4.17. The molecule has 1 saturated heterocycles. The van der Waals surface area contributed by atoms with E-state index < -0.39 is 42.9 Å². The molecular weight excluding hydrogens is 348 g/mol. The predicted molar refractivity (Wildman–Crippen MR) is 86.7 cm³/mol. The fraction of sp³-hybridized carbons (Fsp3) is 0.353. The monoisotopic (exact) mass is 364 g/mol. The van der Waals surface area contributed by atoms with Gasteiger partial charge in [-0.05, 0) is 12.1 Å². The highest BCUT2D eigenvalue weighted by molar-refractivity contribution is 6.01. The van der Waals surface area contributed by atoms with Crippen LogP contribution in [0.1, 0.15) is 0 Å². The van der Waals surface area contributed by atoms with Crippen LogP contribution in [0.5, 0.6) is 5.75 Å². The van der Waals surface area contributed by atoms with E-state index in [9.17, 15) is 25.2 Å². The molecule has 0 amide bonds. The molecule has 9 heteroatoms. The zero-order valence-electron chi connectivity index (χ0n) is 13.3. The summed E-state index contributed by atoms with van der Waals surface area (Å²) in [4.78, 5) is 11.5. The average molecular weight is 364 g/mol. The van der Waals surface area contributed by atoms with Gasteiger partial charge in [0.15, 0.2) is 0 Å². The van der Waals surface area contributed by atoms with Gasteiger partial charge in [0.05, 0.1) is 23.6 Å². The van der Waals surface area contributed by atoms with Crippen molar-refractivity contribution in [1.82, 2.24) is 0 Å². The summed E-state index contributed by atoms with van der Waals surface area (Å²) in [6.45, 7) is -0.573. The summed E-state index contributed by atoms with van der Waals surface area (Å²) in [5.41, 5.74) is 0.0353. The van der Waals surface area contributed by atoms with Gasteiger partial charge in [0.25, 0.3) is 0 Å². The molecule has 1 aliphatic rings. The first-order valence-electron chi connectivity index (χ1n) is 7.91. The smallest absolute Gasteiger partial charge is 0.336 e. The minimum Gasteiger partial charge on any atom is -0.464 e. The fourth-order valence-corrected chi connectivity index (χ4v) is 3.02. The van der Waals surface area contributed by atoms with Crippen LogP contribution in [0.3, 0.4) is 0 Å². The lowest BCUT2D eigenvalue weighted by Crippen LogP contribution is -2.60. The Morgan fingerprint density at radius 2 is 1.77 bits per heavy atom. The maximum atomic E-state index is 11.5. The second-order valence-electron chi connectivity index (χ2n) is 6.02. The van der Waals surface area contributed by atoms with Crippen molar-refractivity contribution in [3.8, 4) is 5.75 Å². The van der Waals surface area contributed by atoms with Gasteiger partial charge in [-0.25, -0.2) is 4.79 Å². The third kappa shape index (κ3) is 2.66. The molecule has 4 N–H and O–H groups in total. The van der Waals surface area contributed by atoms with E-state index >= 15 is 0 Å². The van der Waals surface area contributed by atoms with E-state index in [4.69, 9.17) is 18.3 Å². The van der Waals surface area contributed by atoms with Gasteiger partial charge in [-0.1, -0.05) is 0 Å². The lowest BCUT2D eigenvalue weighted by Gasteiger charge is -2.39. The third-order valence-electron chi connectivity index (χ3n) is 4.39. The van der Waals surface area contributed by atoms with Gasteiger partial charge in [-0.3, -0.25) is 0 Å². The standard InChI is InChI=1S/C17H16O9/c18-6-11-13(20)14(21)15(22)17(25-11)26-16-7-1-2-12(19)24-10(7)5-9-8(16)3-4-23-9/h1-5,11,13-15,17-18,20-22H,6H2/t11-,13-,14+,15+,17+/m1/s1. The highest BCUT2D eigenvalue weighted by Gasteiger charge is 2.45. The zero-order chi connectivity index (χ0) is 18.4. The molecule has 5 atom stereocenters. The largest absolute Gasteiger partial charge is 0.464 e. The number of fused-ring (bicyclic) bond motifs is 2. The molecule has 0 saturated carbocycles. The highest BCUT2D eigenvalue weighted by atomic mass is 16.7.